The molecule has 1 saturated heterocycles. The van der Waals surface area contributed by atoms with Crippen LogP contribution in [0.2, 0.25) is 0 Å². The summed E-state index contributed by atoms with van der Waals surface area (Å²) < 4.78 is 5.82. The first-order valence-corrected chi connectivity index (χ1v) is 12.7. The second-order valence-corrected chi connectivity index (χ2v) is 9.79. The number of likely N-dealkylation sites (tertiary alicyclic amines) is 1. The van der Waals surface area contributed by atoms with Crippen molar-refractivity contribution < 1.29 is 14.6 Å². The molecule has 2 aliphatic rings. The van der Waals surface area contributed by atoms with Gasteiger partial charge in [-0.05, 0) is 75.2 Å². The van der Waals surface area contributed by atoms with Gasteiger partial charge in [0.2, 0.25) is 0 Å². The summed E-state index contributed by atoms with van der Waals surface area (Å²) in [6, 6.07) is 15.4. The molecule has 1 unspecified atom stereocenters. The number of aromatic nitrogens is 1. The number of aliphatic hydroxyl groups is 1. The van der Waals surface area contributed by atoms with E-state index < -0.39 is 11.6 Å². The van der Waals surface area contributed by atoms with E-state index in [2.05, 4.69) is 16.0 Å². The van der Waals surface area contributed by atoms with Crippen LogP contribution in [0.4, 0.5) is 0 Å². The Morgan fingerprint density at radius 3 is 2.45 bits per heavy atom. The van der Waals surface area contributed by atoms with Crippen LogP contribution < -0.4 is 0 Å². The Morgan fingerprint density at radius 1 is 1.03 bits per heavy atom. The Bertz CT molecular complexity index is 848. The number of nitrogens with zero attached hydrogens (tertiary/aromatic N) is 2. The van der Waals surface area contributed by atoms with Gasteiger partial charge in [-0.1, -0.05) is 55.7 Å². The highest BCUT2D eigenvalue weighted by Crippen LogP contribution is 2.40. The maximum absolute atomic E-state index is 13.4. The lowest BCUT2D eigenvalue weighted by molar-refractivity contribution is -0.176. The number of ether oxygens (including phenoxy) is 1. The van der Waals surface area contributed by atoms with Gasteiger partial charge < -0.3 is 14.7 Å². The van der Waals surface area contributed by atoms with Crippen molar-refractivity contribution in [3.8, 4) is 0 Å². The first-order valence-electron chi connectivity index (χ1n) is 12.7. The number of benzene rings is 1. The van der Waals surface area contributed by atoms with Gasteiger partial charge in [0.1, 0.15) is 0 Å². The van der Waals surface area contributed by atoms with Crippen LogP contribution in [-0.2, 0) is 21.6 Å². The quantitative estimate of drug-likeness (QED) is 0.530. The van der Waals surface area contributed by atoms with Crippen molar-refractivity contribution in [3.05, 3.63) is 66.0 Å². The molecular formula is C28H38N2O3. The zero-order valence-electron chi connectivity index (χ0n) is 19.7. The zero-order chi connectivity index (χ0) is 22.9. The molecule has 178 valence electrons. The van der Waals surface area contributed by atoms with Gasteiger partial charge in [0.05, 0.1) is 6.61 Å². The van der Waals surface area contributed by atoms with Crippen LogP contribution in [-0.4, -0.2) is 47.2 Å². The summed E-state index contributed by atoms with van der Waals surface area (Å²) in [5.41, 5.74) is 0.174. The molecule has 1 aliphatic heterocycles. The highest BCUT2D eigenvalue weighted by Gasteiger charge is 2.47. The summed E-state index contributed by atoms with van der Waals surface area (Å²) in [5.74, 6) is -0.210. The van der Waals surface area contributed by atoms with Crippen molar-refractivity contribution in [1.82, 2.24) is 9.88 Å². The number of hydrogen-bond donors (Lipinski definition) is 1. The fraction of sp³-hybridized carbons (Fsp3) is 0.571. The van der Waals surface area contributed by atoms with Gasteiger partial charge >= 0.3 is 5.97 Å². The Labute approximate surface area is 198 Å². The highest BCUT2D eigenvalue weighted by atomic mass is 16.5. The number of pyridine rings is 1. The van der Waals surface area contributed by atoms with Gasteiger partial charge in [0, 0.05) is 24.4 Å². The third-order valence-electron chi connectivity index (χ3n) is 7.42. The average Bonchev–Trinajstić information content (AvgIpc) is 3.38. The molecule has 2 heterocycles. The van der Waals surface area contributed by atoms with Crippen molar-refractivity contribution in [1.29, 1.82) is 0 Å². The van der Waals surface area contributed by atoms with Gasteiger partial charge in [-0.15, -0.1) is 0 Å². The first kappa shape index (κ1) is 23.9. The lowest BCUT2D eigenvalue weighted by atomic mass is 9.73. The summed E-state index contributed by atoms with van der Waals surface area (Å²) in [6.07, 6.45) is 11.0. The predicted octanol–water partition coefficient (Wildman–Crippen LogP) is 4.74. The molecule has 0 radical (unpaired) electrons. The predicted molar refractivity (Wildman–Crippen MR) is 130 cm³/mol. The highest BCUT2D eigenvalue weighted by molar-refractivity contribution is 5.81. The van der Waals surface area contributed by atoms with E-state index in [0.29, 0.717) is 18.1 Å². The molecule has 5 nitrogen and oxygen atoms in total. The molecule has 1 aromatic carbocycles. The Morgan fingerprint density at radius 2 is 1.76 bits per heavy atom. The van der Waals surface area contributed by atoms with E-state index in [4.69, 9.17) is 4.74 Å². The van der Waals surface area contributed by atoms with E-state index in [1.807, 2.05) is 48.7 Å². The van der Waals surface area contributed by atoms with Gasteiger partial charge in [-0.3, -0.25) is 4.98 Å². The molecule has 5 heteroatoms. The molecule has 2 fully saturated rings. The number of hydrogen-bond acceptors (Lipinski definition) is 5. The Balaban J connectivity index is 1.41. The fourth-order valence-electron chi connectivity index (χ4n) is 5.56. The lowest BCUT2D eigenvalue weighted by Crippen LogP contribution is -2.45. The van der Waals surface area contributed by atoms with Crippen LogP contribution in [0.3, 0.4) is 0 Å². The summed E-state index contributed by atoms with van der Waals surface area (Å²) in [4.78, 5) is 20.4. The van der Waals surface area contributed by atoms with Gasteiger partial charge in [0.15, 0.2) is 5.60 Å². The zero-order valence-corrected chi connectivity index (χ0v) is 19.7. The lowest BCUT2D eigenvalue weighted by Gasteiger charge is -2.37. The van der Waals surface area contributed by atoms with Crippen LogP contribution in [0, 0.1) is 11.8 Å². The average molecular weight is 451 g/mol. The molecular weight excluding hydrogens is 412 g/mol. The molecule has 2 atom stereocenters. The molecule has 0 spiro atoms. The number of rotatable bonds is 10. The Kier molecular flexibility index (Phi) is 8.51. The monoisotopic (exact) mass is 450 g/mol. The minimum Gasteiger partial charge on any atom is -0.463 e. The van der Waals surface area contributed by atoms with Crippen molar-refractivity contribution >= 4 is 5.97 Å². The molecule has 1 saturated carbocycles. The summed E-state index contributed by atoms with van der Waals surface area (Å²) >= 11 is 0. The second-order valence-electron chi connectivity index (χ2n) is 9.79. The summed E-state index contributed by atoms with van der Waals surface area (Å²) in [7, 11) is 0. The molecule has 0 bridgehead atoms. The minimum atomic E-state index is -1.56. The third kappa shape index (κ3) is 6.21. The smallest absolute Gasteiger partial charge is 0.343 e. The SMILES string of the molecule is O=C(OCC[C@@H](Cc1ccccn1)CN1CCCC1)C(O)(c1ccccc1)C1CCCCC1. The number of carbonyl (C=O) groups excluding carboxylic acids is 1. The third-order valence-corrected chi connectivity index (χ3v) is 7.42. The maximum Gasteiger partial charge on any atom is 0.343 e. The first-order chi connectivity index (χ1) is 16.2. The Hall–Kier alpha value is -2.24. The van der Waals surface area contributed by atoms with E-state index in [1.54, 1.807) is 0 Å². The van der Waals surface area contributed by atoms with Gasteiger partial charge in [-0.25, -0.2) is 4.79 Å². The van der Waals surface area contributed by atoms with E-state index in [9.17, 15) is 9.90 Å². The van der Waals surface area contributed by atoms with Crippen molar-refractivity contribution in [2.45, 2.75) is 63.4 Å². The topological polar surface area (TPSA) is 62.7 Å². The van der Waals surface area contributed by atoms with Gasteiger partial charge in [0.25, 0.3) is 0 Å². The van der Waals surface area contributed by atoms with Crippen LogP contribution >= 0.6 is 0 Å². The van der Waals surface area contributed by atoms with Gasteiger partial charge in [-0.2, -0.15) is 0 Å². The normalized spacial score (nSPS) is 20.3. The molecule has 0 amide bonds. The summed E-state index contributed by atoms with van der Waals surface area (Å²) in [6.45, 7) is 3.62. The van der Waals surface area contributed by atoms with Crippen molar-refractivity contribution in [3.63, 3.8) is 0 Å². The molecule has 33 heavy (non-hydrogen) atoms. The van der Waals surface area contributed by atoms with Crippen LogP contribution in [0.5, 0.6) is 0 Å². The largest absolute Gasteiger partial charge is 0.463 e. The molecule has 4 rings (SSSR count). The standard InChI is InChI=1S/C28H38N2O3/c31-27(28(32,24-11-3-1-4-12-24)25-13-5-2-6-14-25)33-20-16-23(22-30-18-9-10-19-30)21-26-15-7-8-17-29-26/h1,3-4,7-8,11-12,15,17,23,25,32H,2,5-6,9-10,13-14,16,18-22H2/t23-,28?/m0/s1. The fourth-order valence-corrected chi connectivity index (χ4v) is 5.56. The van der Waals surface area contributed by atoms with Crippen LogP contribution in [0.25, 0.3) is 0 Å². The minimum absolute atomic E-state index is 0.0879. The second kappa shape index (κ2) is 11.8. The number of esters is 1. The molecule has 1 aliphatic carbocycles. The van der Waals surface area contributed by atoms with Crippen molar-refractivity contribution in [2.24, 2.45) is 11.8 Å². The molecule has 1 N–H and O–H groups in total. The number of carbonyl (C=O) groups is 1. The van der Waals surface area contributed by atoms with E-state index in [0.717, 1.165) is 63.9 Å². The van der Waals surface area contributed by atoms with E-state index in [1.165, 1.54) is 19.3 Å². The summed E-state index contributed by atoms with van der Waals surface area (Å²) in [5, 5.41) is 11.7. The van der Waals surface area contributed by atoms with E-state index in [-0.39, 0.29) is 5.92 Å². The van der Waals surface area contributed by atoms with Crippen LogP contribution in [0.15, 0.2) is 54.7 Å². The maximum atomic E-state index is 13.4. The van der Waals surface area contributed by atoms with Crippen LogP contribution in [0.1, 0.15) is 62.6 Å². The van der Waals surface area contributed by atoms with E-state index >= 15 is 0 Å². The van der Waals surface area contributed by atoms with Crippen molar-refractivity contribution in [2.75, 3.05) is 26.2 Å². The molecule has 2 aromatic rings. The molecule has 1 aromatic heterocycles.